The number of amides is 2. The Morgan fingerprint density at radius 3 is 2.83 bits per heavy atom. The Morgan fingerprint density at radius 1 is 1.42 bits per heavy atom. The first-order chi connectivity index (χ1) is 11.3. The summed E-state index contributed by atoms with van der Waals surface area (Å²) in [5.41, 5.74) is 0.693. The predicted octanol–water partition coefficient (Wildman–Crippen LogP) is 2.50. The highest BCUT2D eigenvalue weighted by atomic mass is 79.9. The van der Waals surface area contributed by atoms with E-state index in [1.54, 1.807) is 18.2 Å². The molecule has 24 heavy (non-hydrogen) atoms. The van der Waals surface area contributed by atoms with Crippen molar-refractivity contribution in [1.82, 2.24) is 5.32 Å². The molecule has 0 radical (unpaired) electrons. The fourth-order valence-corrected chi connectivity index (χ4v) is 2.77. The molecule has 1 N–H and O–H groups in total. The molecule has 0 saturated carbocycles. The third-order valence-corrected chi connectivity index (χ3v) is 3.95. The lowest BCUT2D eigenvalue weighted by Gasteiger charge is -2.17. The van der Waals surface area contributed by atoms with Crippen LogP contribution in [0.3, 0.4) is 0 Å². The van der Waals surface area contributed by atoms with E-state index in [4.69, 9.17) is 0 Å². The first kappa shape index (κ1) is 18.7. The zero-order chi connectivity index (χ0) is 17.7. The summed E-state index contributed by atoms with van der Waals surface area (Å²) in [5, 5.41) is 2.44. The summed E-state index contributed by atoms with van der Waals surface area (Å²) in [6, 6.07) is 7.17. The smallest absolute Gasteiger partial charge is 0.370 e. The molecule has 1 aliphatic heterocycles. The monoisotopic (exact) mass is 408 g/mol. The molecule has 0 aliphatic carbocycles. The van der Waals surface area contributed by atoms with Crippen LogP contribution in [0.15, 0.2) is 28.7 Å². The van der Waals surface area contributed by atoms with E-state index < -0.39 is 24.6 Å². The number of benzene rings is 1. The van der Waals surface area contributed by atoms with Crippen molar-refractivity contribution < 1.29 is 27.5 Å². The second kappa shape index (κ2) is 7.98. The molecule has 0 bridgehead atoms. The van der Waals surface area contributed by atoms with Gasteiger partial charge in [-0.05, 0) is 24.6 Å². The van der Waals surface area contributed by atoms with Gasteiger partial charge in [0.25, 0.3) is 0 Å². The van der Waals surface area contributed by atoms with E-state index in [1.807, 2.05) is 6.07 Å². The van der Waals surface area contributed by atoms with E-state index in [2.05, 4.69) is 26.0 Å². The molecule has 2 rings (SSSR count). The number of carbonyl (C=O) groups excluding carboxylic acids is 2. The molecule has 1 unspecified atom stereocenters. The highest BCUT2D eigenvalue weighted by Crippen LogP contribution is 2.27. The summed E-state index contributed by atoms with van der Waals surface area (Å²) >= 11 is 3.32. The zero-order valence-electron chi connectivity index (χ0n) is 12.6. The van der Waals surface area contributed by atoms with Crippen molar-refractivity contribution in [3.63, 3.8) is 0 Å². The number of carbonyl (C=O) groups is 2. The van der Waals surface area contributed by atoms with Gasteiger partial charge in [-0.25, -0.2) is 0 Å². The van der Waals surface area contributed by atoms with Gasteiger partial charge in [0.15, 0.2) is 0 Å². The average Bonchev–Trinajstić information content (AvgIpc) is 2.87. The van der Waals surface area contributed by atoms with Crippen LogP contribution in [-0.2, 0) is 14.3 Å². The van der Waals surface area contributed by atoms with Crippen LogP contribution < -0.4 is 10.2 Å². The average molecular weight is 409 g/mol. The Labute approximate surface area is 145 Å². The quantitative estimate of drug-likeness (QED) is 0.581. The number of halogens is 4. The Balaban J connectivity index is 1.81. The number of anilines is 1. The summed E-state index contributed by atoms with van der Waals surface area (Å²) in [5.74, 6) is -1.64. The lowest BCUT2D eigenvalue weighted by Crippen LogP contribution is -2.38. The predicted molar refractivity (Wildman–Crippen MR) is 84.5 cm³/mol. The summed E-state index contributed by atoms with van der Waals surface area (Å²) in [6.45, 7) is -1.28. The number of hydrogen-bond donors (Lipinski definition) is 1. The van der Waals surface area contributed by atoms with Gasteiger partial charge >= 0.3 is 6.18 Å². The van der Waals surface area contributed by atoms with Crippen molar-refractivity contribution in [1.29, 1.82) is 0 Å². The zero-order valence-corrected chi connectivity index (χ0v) is 14.2. The number of hydrogen-bond acceptors (Lipinski definition) is 3. The fourth-order valence-electron chi connectivity index (χ4n) is 2.38. The van der Waals surface area contributed by atoms with Crippen molar-refractivity contribution >= 4 is 33.4 Å². The molecule has 2 amide bonds. The van der Waals surface area contributed by atoms with Crippen LogP contribution in [0.5, 0.6) is 0 Å². The number of nitrogens with zero attached hydrogens (tertiary/aromatic N) is 1. The van der Waals surface area contributed by atoms with Crippen LogP contribution in [0.4, 0.5) is 18.9 Å². The molecule has 1 aromatic rings. The maximum Gasteiger partial charge on any atom is 0.411 e. The van der Waals surface area contributed by atoms with Gasteiger partial charge in [-0.3, -0.25) is 9.59 Å². The van der Waals surface area contributed by atoms with Crippen LogP contribution in [0.1, 0.15) is 6.42 Å². The summed E-state index contributed by atoms with van der Waals surface area (Å²) in [4.78, 5) is 25.9. The molecule has 1 heterocycles. The van der Waals surface area contributed by atoms with Gasteiger partial charge in [0.2, 0.25) is 11.8 Å². The van der Waals surface area contributed by atoms with E-state index in [0.717, 1.165) is 4.47 Å². The number of rotatable bonds is 6. The summed E-state index contributed by atoms with van der Waals surface area (Å²) < 4.78 is 40.9. The van der Waals surface area contributed by atoms with Gasteiger partial charge in [-0.15, -0.1) is 0 Å². The summed E-state index contributed by atoms with van der Waals surface area (Å²) in [7, 11) is 0. The molecule has 5 nitrogen and oxygen atoms in total. The largest absolute Gasteiger partial charge is 0.411 e. The summed E-state index contributed by atoms with van der Waals surface area (Å²) in [6.07, 6.45) is -4.03. The Hall–Kier alpha value is -1.61. The van der Waals surface area contributed by atoms with Crippen molar-refractivity contribution in [2.24, 2.45) is 5.92 Å². The fraction of sp³-hybridized carbons (Fsp3) is 0.467. The second-order valence-corrected chi connectivity index (χ2v) is 6.19. The molecule has 132 valence electrons. The minimum absolute atomic E-state index is 0.0738. The number of ether oxygens (including phenoxy) is 1. The standard InChI is InChI=1S/C15H16BrF3N2O3/c16-10-2-1-3-11(8-10)21-6-4-12(14(21)23)13(22)20-5-7-24-9-15(17,18)19/h1-3,8,12H,4-7,9H2,(H,20,22). The van der Waals surface area contributed by atoms with Crippen LogP contribution >= 0.6 is 15.9 Å². The van der Waals surface area contributed by atoms with E-state index >= 15 is 0 Å². The third kappa shape index (κ3) is 5.20. The van der Waals surface area contributed by atoms with Crippen molar-refractivity contribution in [2.45, 2.75) is 12.6 Å². The normalized spacial score (nSPS) is 18.1. The SMILES string of the molecule is O=C(NCCOCC(F)(F)F)C1CCN(c2cccc(Br)c2)C1=O. The molecular weight excluding hydrogens is 393 g/mol. The minimum atomic E-state index is -4.39. The molecule has 1 aliphatic rings. The molecule has 0 spiro atoms. The van der Waals surface area contributed by atoms with Crippen LogP contribution in [0.2, 0.25) is 0 Å². The van der Waals surface area contributed by atoms with Gasteiger partial charge in [0.05, 0.1) is 6.61 Å². The molecule has 1 fully saturated rings. The van der Waals surface area contributed by atoms with Gasteiger partial charge in [-0.1, -0.05) is 22.0 Å². The first-order valence-corrected chi connectivity index (χ1v) is 8.06. The Morgan fingerprint density at radius 2 is 2.17 bits per heavy atom. The van der Waals surface area contributed by atoms with Gasteiger partial charge < -0.3 is 15.0 Å². The number of alkyl halides is 3. The highest BCUT2D eigenvalue weighted by Gasteiger charge is 2.37. The van der Waals surface area contributed by atoms with E-state index in [9.17, 15) is 22.8 Å². The lowest BCUT2D eigenvalue weighted by atomic mass is 10.1. The van der Waals surface area contributed by atoms with E-state index in [0.29, 0.717) is 18.7 Å². The maximum absolute atomic E-state index is 12.3. The van der Waals surface area contributed by atoms with Crippen molar-refractivity contribution in [3.8, 4) is 0 Å². The van der Waals surface area contributed by atoms with Crippen LogP contribution in [0, 0.1) is 5.92 Å². The second-order valence-electron chi connectivity index (χ2n) is 5.27. The van der Waals surface area contributed by atoms with Crippen molar-refractivity contribution in [2.75, 3.05) is 31.2 Å². The van der Waals surface area contributed by atoms with Gasteiger partial charge in [0.1, 0.15) is 12.5 Å². The van der Waals surface area contributed by atoms with E-state index in [-0.39, 0.29) is 19.1 Å². The lowest BCUT2D eigenvalue weighted by molar-refractivity contribution is -0.173. The first-order valence-electron chi connectivity index (χ1n) is 7.27. The Bertz CT molecular complexity index is 610. The van der Waals surface area contributed by atoms with Gasteiger partial charge in [-0.2, -0.15) is 13.2 Å². The molecule has 1 saturated heterocycles. The van der Waals surface area contributed by atoms with Crippen LogP contribution in [-0.4, -0.2) is 44.3 Å². The topological polar surface area (TPSA) is 58.6 Å². The highest BCUT2D eigenvalue weighted by molar-refractivity contribution is 9.10. The van der Waals surface area contributed by atoms with Gasteiger partial charge in [0, 0.05) is 23.2 Å². The molecule has 9 heteroatoms. The van der Waals surface area contributed by atoms with Crippen molar-refractivity contribution in [3.05, 3.63) is 28.7 Å². The van der Waals surface area contributed by atoms with Crippen LogP contribution in [0.25, 0.3) is 0 Å². The molecule has 1 aromatic carbocycles. The third-order valence-electron chi connectivity index (χ3n) is 3.45. The minimum Gasteiger partial charge on any atom is -0.370 e. The molecular formula is C15H16BrF3N2O3. The van der Waals surface area contributed by atoms with E-state index in [1.165, 1.54) is 4.90 Å². The molecule has 0 aromatic heterocycles. The number of nitrogens with one attached hydrogen (secondary N) is 1. The Kier molecular flexibility index (Phi) is 6.22. The molecule has 1 atom stereocenters. The maximum atomic E-state index is 12.3.